The van der Waals surface area contributed by atoms with Crippen molar-refractivity contribution in [2.75, 3.05) is 6.61 Å². The summed E-state index contributed by atoms with van der Waals surface area (Å²) in [5, 5.41) is 22.6. The summed E-state index contributed by atoms with van der Waals surface area (Å²) in [7, 11) is 0. The summed E-state index contributed by atoms with van der Waals surface area (Å²) >= 11 is 5.35. The third-order valence-corrected chi connectivity index (χ3v) is 5.23. The highest BCUT2D eigenvalue weighted by molar-refractivity contribution is 7.71. The summed E-state index contributed by atoms with van der Waals surface area (Å²) in [5.74, 6) is 1.06. The first kappa shape index (κ1) is 20.7. The highest BCUT2D eigenvalue weighted by Gasteiger charge is 2.27. The third-order valence-electron chi connectivity index (χ3n) is 4.96. The summed E-state index contributed by atoms with van der Waals surface area (Å²) in [6.07, 6.45) is 3.61. The second-order valence-corrected chi connectivity index (χ2v) is 9.80. The van der Waals surface area contributed by atoms with Gasteiger partial charge in [0.15, 0.2) is 5.82 Å². The van der Waals surface area contributed by atoms with Crippen LogP contribution in [0, 0.1) is 4.77 Å². The average molecular weight is 403 g/mol. The van der Waals surface area contributed by atoms with Gasteiger partial charge in [-0.2, -0.15) is 14.9 Å². The van der Waals surface area contributed by atoms with E-state index in [2.05, 4.69) is 56.8 Å². The lowest BCUT2D eigenvalue weighted by molar-refractivity contribution is 0.102. The minimum absolute atomic E-state index is 0.0832. The van der Waals surface area contributed by atoms with Crippen molar-refractivity contribution in [3.8, 4) is 5.75 Å². The first-order valence-electron chi connectivity index (χ1n) is 9.70. The molecule has 0 bridgehead atoms. The van der Waals surface area contributed by atoms with E-state index in [4.69, 9.17) is 17.0 Å². The molecule has 0 aliphatic carbocycles. The number of nitrogens with zero attached hydrogens (tertiary/aromatic N) is 3. The van der Waals surface area contributed by atoms with Gasteiger partial charge in [0.05, 0.1) is 6.21 Å². The lowest BCUT2D eigenvalue weighted by Gasteiger charge is -2.27. The number of phenolic OH excluding ortho intramolecular Hbond substituents is 1. The second-order valence-electron chi connectivity index (χ2n) is 9.41. The Bertz CT molecular complexity index is 904. The third kappa shape index (κ3) is 4.20. The Balaban J connectivity index is 2.06. The first-order valence-corrected chi connectivity index (χ1v) is 10.1. The second kappa shape index (κ2) is 7.44. The summed E-state index contributed by atoms with van der Waals surface area (Å²) in [5.41, 5.74) is 2.33. The van der Waals surface area contributed by atoms with Crippen LogP contribution < -0.4 is 0 Å². The number of benzene rings is 1. The largest absolute Gasteiger partial charge is 0.507 e. The van der Waals surface area contributed by atoms with Gasteiger partial charge in [-0.25, -0.2) is 0 Å². The Morgan fingerprint density at radius 1 is 1.21 bits per heavy atom. The highest BCUT2D eigenvalue weighted by Crippen LogP contribution is 2.39. The molecule has 1 atom stereocenters. The molecule has 1 aromatic heterocycles. The number of hydrogen-bond acceptors (Lipinski definition) is 5. The van der Waals surface area contributed by atoms with Crippen LogP contribution in [0.5, 0.6) is 5.75 Å². The van der Waals surface area contributed by atoms with Gasteiger partial charge in [0, 0.05) is 17.7 Å². The van der Waals surface area contributed by atoms with E-state index in [0.717, 1.165) is 36.1 Å². The van der Waals surface area contributed by atoms with Crippen molar-refractivity contribution in [2.24, 2.45) is 5.10 Å². The number of aromatic amines is 1. The molecule has 2 heterocycles. The van der Waals surface area contributed by atoms with E-state index >= 15 is 0 Å². The van der Waals surface area contributed by atoms with E-state index in [0.29, 0.717) is 16.3 Å². The van der Waals surface area contributed by atoms with Crippen molar-refractivity contribution in [1.29, 1.82) is 0 Å². The molecule has 2 N–H and O–H groups in total. The van der Waals surface area contributed by atoms with Crippen LogP contribution in [0.3, 0.4) is 0 Å². The van der Waals surface area contributed by atoms with Gasteiger partial charge in [-0.1, -0.05) is 41.5 Å². The van der Waals surface area contributed by atoms with Gasteiger partial charge in [0.2, 0.25) is 4.77 Å². The quantitative estimate of drug-likeness (QED) is 0.561. The summed E-state index contributed by atoms with van der Waals surface area (Å²) in [6.45, 7) is 13.3. The van der Waals surface area contributed by atoms with Crippen LogP contribution in [0.1, 0.15) is 83.0 Å². The molecule has 0 spiro atoms. The average Bonchev–Trinajstić information content (AvgIpc) is 3.21. The van der Waals surface area contributed by atoms with Gasteiger partial charge < -0.3 is 9.84 Å². The number of H-pyrrole nitrogens is 1. The zero-order chi connectivity index (χ0) is 20.7. The topological polar surface area (TPSA) is 75.4 Å². The van der Waals surface area contributed by atoms with Gasteiger partial charge in [-0.05, 0) is 53.6 Å². The molecule has 0 saturated carbocycles. The van der Waals surface area contributed by atoms with Gasteiger partial charge in [-0.15, -0.1) is 0 Å². The van der Waals surface area contributed by atoms with E-state index in [-0.39, 0.29) is 16.9 Å². The molecule has 1 aromatic carbocycles. The van der Waals surface area contributed by atoms with Gasteiger partial charge >= 0.3 is 0 Å². The molecular formula is C21H30N4O2S. The fourth-order valence-corrected chi connectivity index (χ4v) is 3.59. The molecule has 152 valence electrons. The molecule has 1 unspecified atom stereocenters. The van der Waals surface area contributed by atoms with Crippen LogP contribution in [0.25, 0.3) is 0 Å². The smallest absolute Gasteiger partial charge is 0.216 e. The molecule has 2 aromatic rings. The maximum atomic E-state index is 10.9. The van der Waals surface area contributed by atoms with Crippen LogP contribution in [-0.2, 0) is 15.6 Å². The number of aromatic hydroxyl groups is 1. The molecule has 28 heavy (non-hydrogen) atoms. The van der Waals surface area contributed by atoms with E-state index in [9.17, 15) is 5.11 Å². The lowest BCUT2D eigenvalue weighted by atomic mass is 9.78. The molecule has 3 rings (SSSR count). The summed E-state index contributed by atoms with van der Waals surface area (Å²) in [6, 6.07) is 3.98. The molecule has 1 saturated heterocycles. The van der Waals surface area contributed by atoms with Crippen molar-refractivity contribution in [3.63, 3.8) is 0 Å². The molecular weight excluding hydrogens is 372 g/mol. The Labute approximate surface area is 171 Å². The van der Waals surface area contributed by atoms with Crippen LogP contribution in [0.15, 0.2) is 17.2 Å². The van der Waals surface area contributed by atoms with Crippen molar-refractivity contribution >= 4 is 18.4 Å². The number of rotatable bonds is 3. The standard InChI is InChI=1S/C21H30N4O2S/c1-20(2,3)14-10-13(11-15(17(14)26)21(4,5)6)12-22-25-18(23-24-19(25)28)16-8-7-9-27-16/h10-12,16,26H,7-9H2,1-6H3,(H,24,28)/b22-12-. The van der Waals surface area contributed by atoms with Gasteiger partial charge in [0.25, 0.3) is 0 Å². The Kier molecular flexibility index (Phi) is 5.51. The van der Waals surface area contributed by atoms with E-state index < -0.39 is 0 Å². The minimum atomic E-state index is -0.192. The molecule has 0 amide bonds. The van der Waals surface area contributed by atoms with Crippen LogP contribution >= 0.6 is 12.2 Å². The first-order chi connectivity index (χ1) is 13.0. The highest BCUT2D eigenvalue weighted by atomic mass is 32.1. The van der Waals surface area contributed by atoms with Crippen LogP contribution in [0.4, 0.5) is 0 Å². The predicted octanol–water partition coefficient (Wildman–Crippen LogP) is 4.97. The number of ether oxygens (including phenoxy) is 1. The zero-order valence-electron chi connectivity index (χ0n) is 17.5. The monoisotopic (exact) mass is 402 g/mol. The van der Waals surface area contributed by atoms with Crippen molar-refractivity contribution in [2.45, 2.75) is 71.3 Å². The Morgan fingerprint density at radius 3 is 2.32 bits per heavy atom. The number of nitrogens with one attached hydrogen (secondary N) is 1. The van der Waals surface area contributed by atoms with Gasteiger partial charge in [0.1, 0.15) is 11.9 Å². The maximum Gasteiger partial charge on any atom is 0.216 e. The molecule has 0 radical (unpaired) electrons. The van der Waals surface area contributed by atoms with Crippen molar-refractivity contribution < 1.29 is 9.84 Å². The molecule has 1 aliphatic rings. The number of hydrogen-bond donors (Lipinski definition) is 2. The fraction of sp³-hybridized carbons (Fsp3) is 0.571. The van der Waals surface area contributed by atoms with E-state index in [1.54, 1.807) is 10.9 Å². The van der Waals surface area contributed by atoms with Crippen LogP contribution in [-0.4, -0.2) is 32.8 Å². The molecule has 7 heteroatoms. The Morgan fingerprint density at radius 2 is 1.82 bits per heavy atom. The van der Waals surface area contributed by atoms with Crippen LogP contribution in [0.2, 0.25) is 0 Å². The van der Waals surface area contributed by atoms with Gasteiger partial charge in [-0.3, -0.25) is 5.10 Å². The van der Waals surface area contributed by atoms with E-state index in [1.807, 2.05) is 12.1 Å². The Hall–Kier alpha value is -1.99. The number of aromatic nitrogens is 3. The van der Waals surface area contributed by atoms with Crippen molar-refractivity contribution in [3.05, 3.63) is 39.4 Å². The normalized spacial score (nSPS) is 18.3. The number of phenols is 1. The molecule has 1 aliphatic heterocycles. The lowest BCUT2D eigenvalue weighted by Crippen LogP contribution is -2.18. The summed E-state index contributed by atoms with van der Waals surface area (Å²) < 4.78 is 7.80. The van der Waals surface area contributed by atoms with Crippen molar-refractivity contribution in [1.82, 2.24) is 14.9 Å². The minimum Gasteiger partial charge on any atom is -0.507 e. The predicted molar refractivity (Wildman–Crippen MR) is 114 cm³/mol. The summed E-state index contributed by atoms with van der Waals surface area (Å²) in [4.78, 5) is 0. The molecule has 1 fully saturated rings. The fourth-order valence-electron chi connectivity index (χ4n) is 3.40. The SMILES string of the molecule is CC(C)(C)c1cc(/C=N\n2c(C3CCCO3)n[nH]c2=S)cc(C(C)(C)C)c1O. The maximum absolute atomic E-state index is 10.9. The molecule has 6 nitrogen and oxygen atoms in total. The zero-order valence-corrected chi connectivity index (χ0v) is 18.4. The van der Waals surface area contributed by atoms with E-state index in [1.165, 1.54) is 0 Å².